The zero-order chi connectivity index (χ0) is 23.6. The minimum absolute atomic E-state index is 0.0749. The van der Waals surface area contributed by atoms with Crippen LogP contribution in [0.25, 0.3) is 0 Å². The molecule has 1 saturated heterocycles. The first-order valence-electron chi connectivity index (χ1n) is 11.5. The van der Waals surface area contributed by atoms with Crippen molar-refractivity contribution in [3.8, 4) is 0 Å². The minimum atomic E-state index is -3.68. The van der Waals surface area contributed by atoms with Gasteiger partial charge in [-0.25, -0.2) is 13.2 Å². The fourth-order valence-electron chi connectivity index (χ4n) is 4.49. The van der Waals surface area contributed by atoms with Gasteiger partial charge in [-0.1, -0.05) is 30.7 Å². The van der Waals surface area contributed by atoms with Crippen molar-refractivity contribution in [1.29, 1.82) is 0 Å². The minimum Gasteiger partial charge on any atom is -0.449 e. The number of fused-ring (bicyclic) bond motifs is 1. The first kappa shape index (κ1) is 23.4. The summed E-state index contributed by atoms with van der Waals surface area (Å²) in [4.78, 5) is 27.8. The Bertz CT molecular complexity index is 1160. The molecule has 0 spiro atoms. The van der Waals surface area contributed by atoms with E-state index >= 15 is 0 Å². The van der Waals surface area contributed by atoms with E-state index in [1.165, 1.54) is 16.4 Å². The van der Waals surface area contributed by atoms with Crippen LogP contribution in [0.5, 0.6) is 0 Å². The maximum Gasteiger partial charge on any atom is 0.339 e. The molecule has 2 aliphatic heterocycles. The molecule has 1 atom stereocenters. The van der Waals surface area contributed by atoms with Crippen molar-refractivity contribution in [3.05, 3.63) is 59.2 Å². The number of hydrogen-bond donors (Lipinski definition) is 0. The van der Waals surface area contributed by atoms with Crippen molar-refractivity contribution < 1.29 is 22.7 Å². The highest BCUT2D eigenvalue weighted by Crippen LogP contribution is 2.28. The molecule has 2 aromatic rings. The standard InChI is InChI=1S/C25H30N2O5S/c1-18-12-13-21(33(30,31)26-14-6-3-7-15-26)17-22(18)25(29)32-19(2)24(28)27-16-8-10-20-9-4-5-11-23(20)27/h4-5,9,11-13,17,19H,3,6-8,10,14-16H2,1-2H3. The quantitative estimate of drug-likeness (QED) is 0.623. The predicted octanol–water partition coefficient (Wildman–Crippen LogP) is 3.69. The highest BCUT2D eigenvalue weighted by Gasteiger charge is 2.30. The second-order valence-corrected chi connectivity index (χ2v) is 10.6. The number of rotatable bonds is 5. The molecule has 7 nitrogen and oxygen atoms in total. The summed E-state index contributed by atoms with van der Waals surface area (Å²) in [6, 6.07) is 12.2. The topological polar surface area (TPSA) is 84.0 Å². The van der Waals surface area contributed by atoms with Gasteiger partial charge in [0.15, 0.2) is 6.10 Å². The molecule has 0 saturated carbocycles. The Kier molecular flexibility index (Phi) is 6.86. The summed E-state index contributed by atoms with van der Waals surface area (Å²) in [5.74, 6) is -0.986. The number of piperidine rings is 1. The van der Waals surface area contributed by atoms with Gasteiger partial charge in [-0.05, 0) is 68.9 Å². The number of benzene rings is 2. The molecule has 2 aliphatic rings. The Morgan fingerprint density at radius 1 is 0.970 bits per heavy atom. The normalized spacial score (nSPS) is 17.8. The van der Waals surface area contributed by atoms with Gasteiger partial charge in [0.1, 0.15) is 0 Å². The molecule has 2 heterocycles. The van der Waals surface area contributed by atoms with Crippen LogP contribution in [0, 0.1) is 6.92 Å². The molecule has 0 N–H and O–H groups in total. The SMILES string of the molecule is Cc1ccc(S(=O)(=O)N2CCCCC2)cc1C(=O)OC(C)C(=O)N1CCCc2ccccc21. The number of esters is 1. The molecule has 2 aromatic carbocycles. The lowest BCUT2D eigenvalue weighted by Crippen LogP contribution is -2.42. The zero-order valence-electron chi connectivity index (χ0n) is 19.1. The Balaban J connectivity index is 1.52. The van der Waals surface area contributed by atoms with E-state index in [0.717, 1.165) is 43.4 Å². The molecule has 1 unspecified atom stereocenters. The van der Waals surface area contributed by atoms with E-state index in [1.54, 1.807) is 24.8 Å². The van der Waals surface area contributed by atoms with Gasteiger partial charge in [0.2, 0.25) is 10.0 Å². The van der Waals surface area contributed by atoms with Gasteiger partial charge in [-0.15, -0.1) is 0 Å². The summed E-state index contributed by atoms with van der Waals surface area (Å²) in [6.45, 7) is 4.82. The largest absolute Gasteiger partial charge is 0.449 e. The summed E-state index contributed by atoms with van der Waals surface area (Å²) >= 11 is 0. The number of carbonyl (C=O) groups excluding carboxylic acids is 2. The predicted molar refractivity (Wildman–Crippen MR) is 126 cm³/mol. The number of anilines is 1. The molecule has 0 aromatic heterocycles. The molecule has 8 heteroatoms. The van der Waals surface area contributed by atoms with Gasteiger partial charge in [0.05, 0.1) is 10.5 Å². The van der Waals surface area contributed by atoms with Crippen LogP contribution in [0.2, 0.25) is 0 Å². The third-order valence-corrected chi connectivity index (χ3v) is 8.28. The molecule has 33 heavy (non-hydrogen) atoms. The van der Waals surface area contributed by atoms with Crippen molar-refractivity contribution in [2.24, 2.45) is 0 Å². The zero-order valence-corrected chi connectivity index (χ0v) is 19.9. The number of hydrogen-bond acceptors (Lipinski definition) is 5. The number of para-hydroxylation sites is 1. The van der Waals surface area contributed by atoms with Crippen LogP contribution in [0.4, 0.5) is 5.69 Å². The van der Waals surface area contributed by atoms with Crippen LogP contribution in [-0.2, 0) is 26.0 Å². The third-order valence-electron chi connectivity index (χ3n) is 6.39. The number of ether oxygens (including phenoxy) is 1. The van der Waals surface area contributed by atoms with E-state index in [-0.39, 0.29) is 16.4 Å². The van der Waals surface area contributed by atoms with E-state index in [9.17, 15) is 18.0 Å². The number of nitrogens with zero attached hydrogens (tertiary/aromatic N) is 2. The maximum absolute atomic E-state index is 13.1. The molecule has 176 valence electrons. The Labute approximate surface area is 195 Å². The monoisotopic (exact) mass is 470 g/mol. The van der Waals surface area contributed by atoms with Crippen LogP contribution >= 0.6 is 0 Å². The second-order valence-electron chi connectivity index (χ2n) is 8.71. The lowest BCUT2D eigenvalue weighted by molar-refractivity contribution is -0.126. The van der Waals surface area contributed by atoms with Gasteiger partial charge < -0.3 is 9.64 Å². The Morgan fingerprint density at radius 2 is 1.70 bits per heavy atom. The first-order chi connectivity index (χ1) is 15.8. The Hall–Kier alpha value is -2.71. The number of sulfonamides is 1. The van der Waals surface area contributed by atoms with Crippen LogP contribution in [0.3, 0.4) is 0 Å². The van der Waals surface area contributed by atoms with Gasteiger partial charge in [-0.2, -0.15) is 4.31 Å². The van der Waals surface area contributed by atoms with Gasteiger partial charge >= 0.3 is 5.97 Å². The average Bonchev–Trinajstić information content (AvgIpc) is 2.83. The molecule has 4 rings (SSSR count). The lowest BCUT2D eigenvalue weighted by Gasteiger charge is -2.31. The molecule has 1 fully saturated rings. The van der Waals surface area contributed by atoms with E-state index in [0.29, 0.717) is 25.2 Å². The van der Waals surface area contributed by atoms with E-state index in [1.807, 2.05) is 24.3 Å². The number of aryl methyl sites for hydroxylation is 2. The van der Waals surface area contributed by atoms with Crippen LogP contribution in [0.1, 0.15) is 54.1 Å². The molecular weight excluding hydrogens is 440 g/mol. The van der Waals surface area contributed by atoms with E-state index < -0.39 is 22.1 Å². The number of amides is 1. The molecule has 0 radical (unpaired) electrons. The summed E-state index contributed by atoms with van der Waals surface area (Å²) in [7, 11) is -3.68. The van der Waals surface area contributed by atoms with Crippen molar-refractivity contribution in [2.75, 3.05) is 24.5 Å². The van der Waals surface area contributed by atoms with Crippen molar-refractivity contribution in [1.82, 2.24) is 4.31 Å². The average molecular weight is 471 g/mol. The molecule has 0 aliphatic carbocycles. The first-order valence-corrected chi connectivity index (χ1v) is 12.9. The van der Waals surface area contributed by atoms with Crippen LogP contribution in [-0.4, -0.2) is 50.3 Å². The number of carbonyl (C=O) groups is 2. The van der Waals surface area contributed by atoms with Crippen LogP contribution < -0.4 is 4.90 Å². The summed E-state index contributed by atoms with van der Waals surface area (Å²) in [5, 5.41) is 0. The van der Waals surface area contributed by atoms with Gasteiger partial charge in [0, 0.05) is 25.3 Å². The van der Waals surface area contributed by atoms with E-state index in [2.05, 4.69) is 0 Å². The fourth-order valence-corrected chi connectivity index (χ4v) is 6.04. The molecule has 0 bridgehead atoms. The summed E-state index contributed by atoms with van der Waals surface area (Å²) < 4.78 is 33.1. The summed E-state index contributed by atoms with van der Waals surface area (Å²) in [5.41, 5.74) is 2.71. The second kappa shape index (κ2) is 9.65. The van der Waals surface area contributed by atoms with E-state index in [4.69, 9.17) is 4.74 Å². The highest BCUT2D eigenvalue weighted by atomic mass is 32.2. The van der Waals surface area contributed by atoms with Crippen LogP contribution in [0.15, 0.2) is 47.4 Å². The Morgan fingerprint density at radius 3 is 2.45 bits per heavy atom. The van der Waals surface area contributed by atoms with Gasteiger partial charge in [-0.3, -0.25) is 4.79 Å². The molecular formula is C25H30N2O5S. The fraction of sp³-hybridized carbons (Fsp3) is 0.440. The summed E-state index contributed by atoms with van der Waals surface area (Å²) in [6.07, 6.45) is 3.44. The highest BCUT2D eigenvalue weighted by molar-refractivity contribution is 7.89. The smallest absolute Gasteiger partial charge is 0.339 e. The van der Waals surface area contributed by atoms with Gasteiger partial charge in [0.25, 0.3) is 5.91 Å². The van der Waals surface area contributed by atoms with Crippen molar-refractivity contribution >= 4 is 27.6 Å². The maximum atomic E-state index is 13.1. The van der Waals surface area contributed by atoms with Crippen molar-refractivity contribution in [2.45, 2.75) is 57.0 Å². The van der Waals surface area contributed by atoms with Crippen molar-refractivity contribution in [3.63, 3.8) is 0 Å². The molecule has 1 amide bonds. The lowest BCUT2D eigenvalue weighted by atomic mass is 10.0. The third kappa shape index (κ3) is 4.82.